The van der Waals surface area contributed by atoms with Gasteiger partial charge in [0, 0.05) is 31.7 Å². The number of aromatic nitrogens is 3. The molecule has 1 amide bonds. The average molecular weight is 345 g/mol. The van der Waals surface area contributed by atoms with E-state index in [-0.39, 0.29) is 5.41 Å². The van der Waals surface area contributed by atoms with E-state index in [4.69, 9.17) is 0 Å². The molecule has 0 radical (unpaired) electrons. The molecule has 3 fully saturated rings. The molecule has 1 atom stereocenters. The van der Waals surface area contributed by atoms with Gasteiger partial charge in [-0.3, -0.25) is 4.79 Å². The van der Waals surface area contributed by atoms with Crippen LogP contribution in [0, 0.1) is 5.41 Å². The Morgan fingerprint density at radius 3 is 2.68 bits per heavy atom. The maximum Gasteiger partial charge on any atom is 0.229 e. The summed E-state index contributed by atoms with van der Waals surface area (Å²) in [5.74, 6) is 1.02. The standard InChI is InChI=1S/C19H31N5O/c1-3-22-10-4-9-19(2,14-22)18(25)23-11-7-16(8-12-23)24-13-17(20-21-24)15-5-6-15/h13,15-16H,3-12,14H2,1-2H3/t19-/m1/s1. The SMILES string of the molecule is CCN1CCC[C@@](C)(C(=O)N2CCC(n3cc(C4CC4)nn3)CC2)C1. The van der Waals surface area contributed by atoms with Crippen LogP contribution in [0.3, 0.4) is 0 Å². The van der Waals surface area contributed by atoms with Gasteiger partial charge in [-0.25, -0.2) is 4.68 Å². The van der Waals surface area contributed by atoms with Crippen LogP contribution in [0.5, 0.6) is 0 Å². The fraction of sp³-hybridized carbons (Fsp3) is 0.842. The summed E-state index contributed by atoms with van der Waals surface area (Å²) in [5, 5.41) is 8.69. The third-order valence-electron chi connectivity index (χ3n) is 6.39. The van der Waals surface area contributed by atoms with Gasteiger partial charge in [-0.15, -0.1) is 5.10 Å². The van der Waals surface area contributed by atoms with Crippen molar-refractivity contribution >= 4 is 5.91 Å². The molecular formula is C19H31N5O. The van der Waals surface area contributed by atoms with Crippen molar-refractivity contribution in [1.82, 2.24) is 24.8 Å². The van der Waals surface area contributed by atoms with Gasteiger partial charge in [0.1, 0.15) is 0 Å². The first-order valence-corrected chi connectivity index (χ1v) is 10.0. The van der Waals surface area contributed by atoms with E-state index in [0.29, 0.717) is 17.9 Å². The number of carbonyl (C=O) groups is 1. The van der Waals surface area contributed by atoms with E-state index in [1.54, 1.807) is 0 Å². The second kappa shape index (κ2) is 6.71. The van der Waals surface area contributed by atoms with Crippen molar-refractivity contribution in [3.8, 4) is 0 Å². The molecule has 0 N–H and O–H groups in total. The number of nitrogens with zero attached hydrogens (tertiary/aromatic N) is 5. The van der Waals surface area contributed by atoms with Crippen LogP contribution in [-0.4, -0.2) is 63.4 Å². The minimum atomic E-state index is -0.201. The molecule has 2 aliphatic heterocycles. The van der Waals surface area contributed by atoms with Crippen LogP contribution in [0.1, 0.15) is 70.0 Å². The highest BCUT2D eigenvalue weighted by Gasteiger charge is 2.41. The van der Waals surface area contributed by atoms with E-state index in [0.717, 1.165) is 64.1 Å². The molecule has 0 bridgehead atoms. The van der Waals surface area contributed by atoms with Crippen LogP contribution < -0.4 is 0 Å². The molecule has 25 heavy (non-hydrogen) atoms. The highest BCUT2D eigenvalue weighted by atomic mass is 16.2. The number of carbonyl (C=O) groups excluding carboxylic acids is 1. The van der Waals surface area contributed by atoms with Crippen LogP contribution in [0.15, 0.2) is 6.20 Å². The van der Waals surface area contributed by atoms with Gasteiger partial charge in [-0.05, 0) is 58.5 Å². The smallest absolute Gasteiger partial charge is 0.229 e. The second-order valence-corrected chi connectivity index (χ2v) is 8.45. The molecule has 0 unspecified atom stereocenters. The third-order valence-corrected chi connectivity index (χ3v) is 6.39. The largest absolute Gasteiger partial charge is 0.342 e. The van der Waals surface area contributed by atoms with E-state index in [2.05, 4.69) is 44.8 Å². The summed E-state index contributed by atoms with van der Waals surface area (Å²) in [6.07, 6.45) is 8.81. The molecular weight excluding hydrogens is 314 g/mol. The summed E-state index contributed by atoms with van der Waals surface area (Å²) < 4.78 is 2.05. The Bertz CT molecular complexity index is 617. The molecule has 4 rings (SSSR count). The zero-order valence-corrected chi connectivity index (χ0v) is 15.7. The monoisotopic (exact) mass is 345 g/mol. The summed E-state index contributed by atoms with van der Waals surface area (Å²) >= 11 is 0. The quantitative estimate of drug-likeness (QED) is 0.841. The van der Waals surface area contributed by atoms with Crippen molar-refractivity contribution < 1.29 is 4.79 Å². The van der Waals surface area contributed by atoms with E-state index in [1.807, 2.05) is 0 Å². The number of amides is 1. The third kappa shape index (κ3) is 3.46. The Morgan fingerprint density at radius 1 is 1.24 bits per heavy atom. The van der Waals surface area contributed by atoms with E-state index < -0.39 is 0 Å². The Labute approximate surface area is 150 Å². The van der Waals surface area contributed by atoms with Crippen molar-refractivity contribution in [2.24, 2.45) is 5.41 Å². The lowest BCUT2D eigenvalue weighted by molar-refractivity contribution is -0.145. The Kier molecular flexibility index (Phi) is 4.56. The lowest BCUT2D eigenvalue weighted by Crippen LogP contribution is -2.53. The first-order chi connectivity index (χ1) is 12.1. The highest BCUT2D eigenvalue weighted by molar-refractivity contribution is 5.82. The van der Waals surface area contributed by atoms with Crippen molar-refractivity contribution in [2.45, 2.75) is 64.3 Å². The van der Waals surface area contributed by atoms with Crippen molar-refractivity contribution in [3.05, 3.63) is 11.9 Å². The number of likely N-dealkylation sites (tertiary alicyclic amines) is 2. The minimum Gasteiger partial charge on any atom is -0.342 e. The summed E-state index contributed by atoms with van der Waals surface area (Å²) in [4.78, 5) is 17.7. The molecule has 1 aromatic rings. The van der Waals surface area contributed by atoms with Crippen molar-refractivity contribution in [2.75, 3.05) is 32.7 Å². The molecule has 6 heteroatoms. The molecule has 0 aromatic carbocycles. The summed E-state index contributed by atoms with van der Waals surface area (Å²) in [5.41, 5.74) is 0.959. The number of hydrogen-bond donors (Lipinski definition) is 0. The summed E-state index contributed by atoms with van der Waals surface area (Å²) in [7, 11) is 0. The molecule has 6 nitrogen and oxygen atoms in total. The maximum absolute atomic E-state index is 13.1. The highest BCUT2D eigenvalue weighted by Crippen LogP contribution is 2.39. The van der Waals surface area contributed by atoms with Gasteiger partial charge in [0.25, 0.3) is 0 Å². The number of hydrogen-bond acceptors (Lipinski definition) is 4. The summed E-state index contributed by atoms with van der Waals surface area (Å²) in [6, 6.07) is 0.398. The first kappa shape index (κ1) is 17.0. The lowest BCUT2D eigenvalue weighted by atomic mass is 9.80. The predicted molar refractivity (Wildman–Crippen MR) is 96.3 cm³/mol. The molecule has 2 saturated heterocycles. The first-order valence-electron chi connectivity index (χ1n) is 10.0. The van der Waals surface area contributed by atoms with Crippen LogP contribution in [0.25, 0.3) is 0 Å². The Balaban J connectivity index is 1.35. The van der Waals surface area contributed by atoms with Crippen LogP contribution in [0.4, 0.5) is 0 Å². The zero-order valence-electron chi connectivity index (χ0n) is 15.7. The van der Waals surface area contributed by atoms with Crippen molar-refractivity contribution in [1.29, 1.82) is 0 Å². The minimum absolute atomic E-state index is 0.201. The van der Waals surface area contributed by atoms with Gasteiger partial charge in [0.05, 0.1) is 17.2 Å². The van der Waals surface area contributed by atoms with Gasteiger partial charge in [0.15, 0.2) is 0 Å². The molecule has 1 aliphatic carbocycles. The topological polar surface area (TPSA) is 54.3 Å². The Morgan fingerprint density at radius 2 is 2.00 bits per heavy atom. The van der Waals surface area contributed by atoms with Gasteiger partial charge in [-0.1, -0.05) is 12.1 Å². The van der Waals surface area contributed by atoms with E-state index in [9.17, 15) is 4.79 Å². The molecule has 1 saturated carbocycles. The van der Waals surface area contributed by atoms with Crippen molar-refractivity contribution in [3.63, 3.8) is 0 Å². The van der Waals surface area contributed by atoms with Gasteiger partial charge in [-0.2, -0.15) is 0 Å². The lowest BCUT2D eigenvalue weighted by Gasteiger charge is -2.43. The van der Waals surface area contributed by atoms with Crippen LogP contribution in [0.2, 0.25) is 0 Å². The fourth-order valence-corrected chi connectivity index (χ4v) is 4.54. The van der Waals surface area contributed by atoms with E-state index >= 15 is 0 Å². The fourth-order valence-electron chi connectivity index (χ4n) is 4.54. The van der Waals surface area contributed by atoms with Gasteiger partial charge >= 0.3 is 0 Å². The van der Waals surface area contributed by atoms with E-state index in [1.165, 1.54) is 12.8 Å². The molecule has 3 aliphatic rings. The maximum atomic E-state index is 13.1. The summed E-state index contributed by atoms with van der Waals surface area (Å²) in [6.45, 7) is 9.15. The molecule has 138 valence electrons. The number of piperidine rings is 2. The average Bonchev–Trinajstić information content (AvgIpc) is 3.38. The van der Waals surface area contributed by atoms with Gasteiger partial charge < -0.3 is 9.80 Å². The molecule has 1 aromatic heterocycles. The zero-order chi connectivity index (χ0) is 17.4. The predicted octanol–water partition coefficient (Wildman–Crippen LogP) is 2.44. The molecule has 0 spiro atoms. The number of rotatable bonds is 4. The second-order valence-electron chi connectivity index (χ2n) is 8.45. The van der Waals surface area contributed by atoms with Crippen LogP contribution in [-0.2, 0) is 4.79 Å². The van der Waals surface area contributed by atoms with Gasteiger partial charge in [0.2, 0.25) is 5.91 Å². The normalized spacial score (nSPS) is 29.1. The molecule has 3 heterocycles. The van der Waals surface area contributed by atoms with Crippen LogP contribution >= 0.6 is 0 Å². The Hall–Kier alpha value is -1.43.